The summed E-state index contributed by atoms with van der Waals surface area (Å²) in [6.07, 6.45) is 2.95. The summed E-state index contributed by atoms with van der Waals surface area (Å²) >= 11 is 0. The third-order valence-electron chi connectivity index (χ3n) is 5.55. The molecule has 0 unspecified atom stereocenters. The molecule has 5 rings (SSSR count). The van der Waals surface area contributed by atoms with Crippen molar-refractivity contribution in [2.45, 2.75) is 11.5 Å². The first-order valence-electron chi connectivity index (χ1n) is 10.2. The summed E-state index contributed by atoms with van der Waals surface area (Å²) in [5, 5.41) is 7.94. The lowest BCUT2D eigenvalue weighted by atomic mass is 10.1. The Kier molecular flexibility index (Phi) is 5.07. The van der Waals surface area contributed by atoms with Gasteiger partial charge in [0.2, 0.25) is 5.95 Å². The monoisotopic (exact) mass is 449 g/mol. The second kappa shape index (κ2) is 7.92. The highest BCUT2D eigenvalue weighted by Gasteiger charge is 2.14. The van der Waals surface area contributed by atoms with Gasteiger partial charge in [0.05, 0.1) is 35.5 Å². The SMILES string of the molecule is CN1CCOCc2cc(Nc3ncc4ccc(-c5ccc(S(C)(=O)=O)cc5)n4n3)ccc21. The van der Waals surface area contributed by atoms with Crippen LogP contribution in [0.2, 0.25) is 0 Å². The first kappa shape index (κ1) is 20.5. The van der Waals surface area contributed by atoms with E-state index in [1.54, 1.807) is 35.0 Å². The number of anilines is 3. The molecule has 8 nitrogen and oxygen atoms in total. The van der Waals surface area contributed by atoms with Crippen LogP contribution in [-0.4, -0.2) is 49.5 Å². The van der Waals surface area contributed by atoms with Crippen molar-refractivity contribution in [2.75, 3.05) is 36.7 Å². The lowest BCUT2D eigenvalue weighted by Crippen LogP contribution is -2.20. The molecule has 0 aliphatic carbocycles. The van der Waals surface area contributed by atoms with Crippen molar-refractivity contribution in [3.8, 4) is 11.3 Å². The number of hydrogen-bond acceptors (Lipinski definition) is 7. The molecule has 0 fully saturated rings. The molecule has 0 spiro atoms. The summed E-state index contributed by atoms with van der Waals surface area (Å²) in [6.45, 7) is 2.14. The first-order chi connectivity index (χ1) is 15.4. The summed E-state index contributed by atoms with van der Waals surface area (Å²) in [5.41, 5.74) is 5.72. The zero-order valence-electron chi connectivity index (χ0n) is 17.8. The van der Waals surface area contributed by atoms with Crippen molar-refractivity contribution in [1.82, 2.24) is 14.6 Å². The van der Waals surface area contributed by atoms with Crippen molar-refractivity contribution >= 4 is 32.7 Å². The molecule has 9 heteroatoms. The van der Waals surface area contributed by atoms with Crippen LogP contribution in [0.5, 0.6) is 0 Å². The van der Waals surface area contributed by atoms with Crippen LogP contribution in [-0.2, 0) is 21.2 Å². The normalized spacial score (nSPS) is 14.2. The lowest BCUT2D eigenvalue weighted by Gasteiger charge is -2.19. The molecular weight excluding hydrogens is 426 g/mol. The minimum atomic E-state index is -3.24. The number of nitrogens with zero attached hydrogens (tertiary/aromatic N) is 4. The number of sulfone groups is 1. The molecular formula is C23H23N5O3S. The van der Waals surface area contributed by atoms with Crippen molar-refractivity contribution in [2.24, 2.45) is 0 Å². The smallest absolute Gasteiger partial charge is 0.245 e. The van der Waals surface area contributed by atoms with Crippen molar-refractivity contribution in [3.05, 3.63) is 66.4 Å². The van der Waals surface area contributed by atoms with E-state index in [1.165, 1.54) is 6.26 Å². The minimum Gasteiger partial charge on any atom is -0.375 e. The number of hydrogen-bond donors (Lipinski definition) is 1. The average Bonchev–Trinajstić information content (AvgIpc) is 3.10. The van der Waals surface area contributed by atoms with E-state index in [0.29, 0.717) is 19.2 Å². The Bertz CT molecular complexity index is 1400. The van der Waals surface area contributed by atoms with Gasteiger partial charge in [-0.2, -0.15) is 0 Å². The van der Waals surface area contributed by atoms with E-state index in [-0.39, 0.29) is 4.90 Å². The maximum Gasteiger partial charge on any atom is 0.245 e. The summed E-state index contributed by atoms with van der Waals surface area (Å²) < 4.78 is 31.0. The zero-order valence-corrected chi connectivity index (χ0v) is 18.6. The highest BCUT2D eigenvalue weighted by atomic mass is 32.2. The molecule has 4 aromatic rings. The second-order valence-corrected chi connectivity index (χ2v) is 9.89. The van der Waals surface area contributed by atoms with Crippen LogP contribution in [0.4, 0.5) is 17.3 Å². The van der Waals surface area contributed by atoms with Crippen LogP contribution >= 0.6 is 0 Å². The molecule has 3 heterocycles. The van der Waals surface area contributed by atoms with Gasteiger partial charge in [-0.15, -0.1) is 5.10 Å². The van der Waals surface area contributed by atoms with Crippen LogP contribution < -0.4 is 10.2 Å². The lowest BCUT2D eigenvalue weighted by molar-refractivity contribution is 0.133. The summed E-state index contributed by atoms with van der Waals surface area (Å²) in [5.74, 6) is 0.463. The Morgan fingerprint density at radius 2 is 1.88 bits per heavy atom. The largest absolute Gasteiger partial charge is 0.375 e. The van der Waals surface area contributed by atoms with Gasteiger partial charge in [-0.05, 0) is 42.5 Å². The fourth-order valence-corrected chi connectivity index (χ4v) is 4.47. The van der Waals surface area contributed by atoms with Crippen LogP contribution in [0.1, 0.15) is 5.56 Å². The number of aromatic nitrogens is 3. The van der Waals surface area contributed by atoms with Gasteiger partial charge in [-0.3, -0.25) is 0 Å². The maximum atomic E-state index is 11.7. The molecule has 0 bridgehead atoms. The quantitative estimate of drug-likeness (QED) is 0.510. The second-order valence-electron chi connectivity index (χ2n) is 7.88. The van der Waals surface area contributed by atoms with Gasteiger partial charge in [0, 0.05) is 42.3 Å². The van der Waals surface area contributed by atoms with E-state index < -0.39 is 9.84 Å². The van der Waals surface area contributed by atoms with Gasteiger partial charge in [-0.1, -0.05) is 12.1 Å². The Morgan fingerprint density at radius 1 is 1.06 bits per heavy atom. The summed E-state index contributed by atoms with van der Waals surface area (Å²) in [6, 6.07) is 16.8. The van der Waals surface area contributed by atoms with E-state index in [9.17, 15) is 8.42 Å². The number of likely N-dealkylation sites (N-methyl/N-ethyl adjacent to an activating group) is 1. The van der Waals surface area contributed by atoms with E-state index in [1.807, 2.05) is 18.2 Å². The molecule has 2 aromatic carbocycles. The van der Waals surface area contributed by atoms with Crippen LogP contribution in [0.25, 0.3) is 16.8 Å². The molecule has 0 radical (unpaired) electrons. The van der Waals surface area contributed by atoms with Gasteiger partial charge in [0.25, 0.3) is 0 Å². The Morgan fingerprint density at radius 3 is 2.66 bits per heavy atom. The third-order valence-corrected chi connectivity index (χ3v) is 6.68. The molecule has 0 amide bonds. The molecule has 1 aliphatic heterocycles. The van der Waals surface area contributed by atoms with Crippen LogP contribution in [0.15, 0.2) is 65.7 Å². The van der Waals surface area contributed by atoms with E-state index in [2.05, 4.69) is 39.5 Å². The molecule has 1 aliphatic rings. The van der Waals surface area contributed by atoms with Gasteiger partial charge in [0.15, 0.2) is 9.84 Å². The standard InChI is InChI=1S/C23H23N5O3S/c1-27-11-12-31-15-17-13-18(5-9-21(17)27)25-23-24-14-19-6-10-22(28(19)26-23)16-3-7-20(8-4-16)32(2,29)30/h3-10,13-14H,11-12,15H2,1-2H3,(H,25,26). The number of ether oxygens (including phenoxy) is 1. The molecule has 0 atom stereocenters. The topological polar surface area (TPSA) is 88.8 Å². The van der Waals surface area contributed by atoms with Gasteiger partial charge in [-0.25, -0.2) is 17.9 Å². The molecule has 164 valence electrons. The number of rotatable bonds is 4. The number of benzene rings is 2. The summed E-state index contributed by atoms with van der Waals surface area (Å²) in [7, 11) is -1.18. The average molecular weight is 450 g/mol. The van der Waals surface area contributed by atoms with Crippen LogP contribution in [0, 0.1) is 0 Å². The highest BCUT2D eigenvalue weighted by molar-refractivity contribution is 7.90. The molecule has 0 saturated carbocycles. The van der Waals surface area contributed by atoms with E-state index in [4.69, 9.17) is 4.74 Å². The van der Waals surface area contributed by atoms with E-state index >= 15 is 0 Å². The predicted octanol–water partition coefficient (Wildman–Crippen LogP) is 3.51. The third kappa shape index (κ3) is 3.92. The van der Waals surface area contributed by atoms with Crippen molar-refractivity contribution in [1.29, 1.82) is 0 Å². The number of fused-ring (bicyclic) bond motifs is 2. The number of nitrogens with one attached hydrogen (secondary N) is 1. The fourth-order valence-electron chi connectivity index (χ4n) is 3.83. The Balaban J connectivity index is 1.46. The highest BCUT2D eigenvalue weighted by Crippen LogP contribution is 2.28. The first-order valence-corrected chi connectivity index (χ1v) is 12.1. The van der Waals surface area contributed by atoms with Gasteiger partial charge < -0.3 is 15.0 Å². The van der Waals surface area contributed by atoms with Crippen LogP contribution in [0.3, 0.4) is 0 Å². The maximum absolute atomic E-state index is 11.7. The Labute approximate surface area is 186 Å². The Hall–Kier alpha value is -3.43. The molecule has 0 saturated heterocycles. The van der Waals surface area contributed by atoms with Gasteiger partial charge in [0.1, 0.15) is 0 Å². The fraction of sp³-hybridized carbons (Fsp3) is 0.217. The van der Waals surface area contributed by atoms with E-state index in [0.717, 1.165) is 40.3 Å². The molecule has 2 aromatic heterocycles. The summed E-state index contributed by atoms with van der Waals surface area (Å²) in [4.78, 5) is 6.92. The minimum absolute atomic E-state index is 0.289. The predicted molar refractivity (Wildman–Crippen MR) is 124 cm³/mol. The van der Waals surface area contributed by atoms with Crippen molar-refractivity contribution in [3.63, 3.8) is 0 Å². The zero-order chi connectivity index (χ0) is 22.3. The van der Waals surface area contributed by atoms with Crippen molar-refractivity contribution < 1.29 is 13.2 Å². The molecule has 1 N–H and O–H groups in total. The van der Waals surface area contributed by atoms with Gasteiger partial charge >= 0.3 is 0 Å². The molecule has 32 heavy (non-hydrogen) atoms.